The summed E-state index contributed by atoms with van der Waals surface area (Å²) in [5.74, 6) is -1.97. The molecule has 10 heteroatoms. The first-order valence-corrected chi connectivity index (χ1v) is 9.07. The van der Waals surface area contributed by atoms with Gasteiger partial charge in [-0.3, -0.25) is 14.4 Å². The monoisotopic (exact) mass is 405 g/mol. The molecule has 0 saturated heterocycles. The zero-order valence-corrected chi connectivity index (χ0v) is 15.9. The number of nitrogens with zero attached hydrogens (tertiary/aromatic N) is 3. The molecule has 0 aliphatic carbocycles. The number of thiophene rings is 1. The molecule has 3 amide bonds. The molecule has 0 saturated carbocycles. The van der Waals surface area contributed by atoms with Gasteiger partial charge in [0.2, 0.25) is 11.8 Å². The summed E-state index contributed by atoms with van der Waals surface area (Å²) in [7, 11) is 0. The van der Waals surface area contributed by atoms with E-state index in [0.29, 0.717) is 15.6 Å². The second-order valence-corrected chi connectivity index (χ2v) is 7.31. The number of amides is 3. The van der Waals surface area contributed by atoms with Crippen LogP contribution in [0, 0.1) is 6.92 Å². The molecule has 0 bridgehead atoms. The van der Waals surface area contributed by atoms with Crippen LogP contribution in [0.1, 0.15) is 15.4 Å². The van der Waals surface area contributed by atoms with Gasteiger partial charge in [0, 0.05) is 5.39 Å². The molecule has 0 fully saturated rings. The molecule has 140 valence electrons. The Hall–Kier alpha value is -2.91. The van der Waals surface area contributed by atoms with Gasteiger partial charge in [-0.2, -0.15) is 5.10 Å². The van der Waals surface area contributed by atoms with Crippen molar-refractivity contribution in [1.82, 2.24) is 14.7 Å². The Bertz CT molecular complexity index is 1040. The van der Waals surface area contributed by atoms with Crippen molar-refractivity contribution in [2.75, 3.05) is 13.1 Å². The Balaban J connectivity index is 2.05. The maximum Gasteiger partial charge on any atom is 0.264 e. The molecular formula is C17H16ClN5O3S. The van der Waals surface area contributed by atoms with Gasteiger partial charge in [-0.15, -0.1) is 11.3 Å². The van der Waals surface area contributed by atoms with Crippen LogP contribution >= 0.6 is 22.9 Å². The number of primary amides is 2. The van der Waals surface area contributed by atoms with E-state index < -0.39 is 30.8 Å². The highest BCUT2D eigenvalue weighted by Gasteiger charge is 2.24. The van der Waals surface area contributed by atoms with Crippen LogP contribution in [-0.4, -0.2) is 45.5 Å². The fourth-order valence-electron chi connectivity index (χ4n) is 2.67. The average molecular weight is 406 g/mol. The summed E-state index contributed by atoms with van der Waals surface area (Å²) in [4.78, 5) is 37.3. The van der Waals surface area contributed by atoms with Gasteiger partial charge < -0.3 is 16.4 Å². The van der Waals surface area contributed by atoms with Crippen molar-refractivity contribution in [1.29, 1.82) is 0 Å². The summed E-state index contributed by atoms with van der Waals surface area (Å²) < 4.78 is 1.67. The molecule has 4 N–H and O–H groups in total. The number of hydrogen-bond acceptors (Lipinski definition) is 5. The van der Waals surface area contributed by atoms with E-state index in [0.717, 1.165) is 20.8 Å². The van der Waals surface area contributed by atoms with Crippen LogP contribution in [0.3, 0.4) is 0 Å². The number of aromatic nitrogens is 2. The quantitative estimate of drug-likeness (QED) is 0.644. The molecule has 0 atom stereocenters. The minimum atomic E-state index is -0.732. The molecule has 27 heavy (non-hydrogen) atoms. The smallest absolute Gasteiger partial charge is 0.264 e. The lowest BCUT2D eigenvalue weighted by Gasteiger charge is -2.18. The highest BCUT2D eigenvalue weighted by atomic mass is 35.5. The Labute approximate surface area is 163 Å². The first-order valence-electron chi connectivity index (χ1n) is 7.88. The number of hydrogen-bond donors (Lipinski definition) is 2. The molecule has 0 radical (unpaired) electrons. The number of fused-ring (bicyclic) bond motifs is 1. The standard InChI is InChI=1S/C17H16ClN5O3S/c1-9-10-6-13(16(26)22(7-14(19)24)8-15(20)25)27-17(10)23(21-9)12-5-3-2-4-11(12)18/h2-6H,7-8H2,1H3,(H2,19,24)(H2,20,25). The molecule has 0 aliphatic heterocycles. The van der Waals surface area contributed by atoms with E-state index >= 15 is 0 Å². The number of carbonyl (C=O) groups is 3. The van der Waals surface area contributed by atoms with Crippen molar-refractivity contribution in [3.63, 3.8) is 0 Å². The maximum atomic E-state index is 12.8. The summed E-state index contributed by atoms with van der Waals surface area (Å²) in [6.45, 7) is 1.03. The number of halogens is 1. The second kappa shape index (κ2) is 7.37. The number of nitrogens with two attached hydrogens (primary N) is 2. The number of aryl methyl sites for hydroxylation is 1. The summed E-state index contributed by atoms with van der Waals surface area (Å²) in [6, 6.07) is 8.90. The Morgan fingerprint density at radius 3 is 2.41 bits per heavy atom. The normalized spacial score (nSPS) is 10.9. The average Bonchev–Trinajstić information content (AvgIpc) is 3.14. The van der Waals surface area contributed by atoms with Crippen molar-refractivity contribution >= 4 is 50.9 Å². The van der Waals surface area contributed by atoms with E-state index in [9.17, 15) is 14.4 Å². The van der Waals surface area contributed by atoms with E-state index in [1.807, 2.05) is 25.1 Å². The van der Waals surface area contributed by atoms with Gasteiger partial charge in [0.15, 0.2) is 0 Å². The Kier molecular flexibility index (Phi) is 5.15. The lowest BCUT2D eigenvalue weighted by Crippen LogP contribution is -2.43. The van der Waals surface area contributed by atoms with Crippen LogP contribution in [0.15, 0.2) is 30.3 Å². The number of rotatable bonds is 6. The van der Waals surface area contributed by atoms with Gasteiger partial charge in [0.1, 0.15) is 17.9 Å². The van der Waals surface area contributed by atoms with Gasteiger partial charge in [-0.1, -0.05) is 23.7 Å². The summed E-state index contributed by atoms with van der Waals surface area (Å²) in [5, 5.41) is 5.79. The molecule has 0 spiro atoms. The van der Waals surface area contributed by atoms with Crippen molar-refractivity contribution in [2.45, 2.75) is 6.92 Å². The third-order valence-corrected chi connectivity index (χ3v) is 5.23. The van der Waals surface area contributed by atoms with Crippen LogP contribution in [0.25, 0.3) is 15.9 Å². The van der Waals surface area contributed by atoms with Crippen molar-refractivity contribution in [3.8, 4) is 5.69 Å². The van der Waals surface area contributed by atoms with Crippen LogP contribution in [-0.2, 0) is 9.59 Å². The van der Waals surface area contributed by atoms with Crippen LogP contribution in [0.4, 0.5) is 0 Å². The summed E-state index contributed by atoms with van der Waals surface area (Å²) in [6.07, 6.45) is 0. The van der Waals surface area contributed by atoms with E-state index in [1.165, 1.54) is 11.3 Å². The zero-order chi connectivity index (χ0) is 19.7. The largest absolute Gasteiger partial charge is 0.368 e. The lowest BCUT2D eigenvalue weighted by molar-refractivity contribution is -0.121. The fourth-order valence-corrected chi connectivity index (χ4v) is 4.03. The fraction of sp³-hybridized carbons (Fsp3) is 0.176. The van der Waals surface area contributed by atoms with Gasteiger partial charge in [-0.05, 0) is 25.1 Å². The third kappa shape index (κ3) is 3.79. The van der Waals surface area contributed by atoms with Gasteiger partial charge in [0.25, 0.3) is 5.91 Å². The topological polar surface area (TPSA) is 124 Å². The van der Waals surface area contributed by atoms with Crippen LogP contribution in [0.5, 0.6) is 0 Å². The maximum absolute atomic E-state index is 12.8. The molecule has 0 aliphatic rings. The molecule has 0 unspecified atom stereocenters. The van der Waals surface area contributed by atoms with E-state index in [1.54, 1.807) is 16.8 Å². The highest BCUT2D eigenvalue weighted by molar-refractivity contribution is 7.20. The third-order valence-electron chi connectivity index (χ3n) is 3.82. The summed E-state index contributed by atoms with van der Waals surface area (Å²) >= 11 is 7.45. The second-order valence-electron chi connectivity index (χ2n) is 5.87. The number of carbonyl (C=O) groups excluding carboxylic acids is 3. The lowest BCUT2D eigenvalue weighted by atomic mass is 10.3. The van der Waals surface area contributed by atoms with E-state index in [-0.39, 0.29) is 0 Å². The Morgan fingerprint density at radius 2 is 1.81 bits per heavy atom. The predicted octanol–water partition coefficient (Wildman–Crippen LogP) is 1.46. The highest BCUT2D eigenvalue weighted by Crippen LogP contribution is 2.32. The number of para-hydroxylation sites is 1. The molecule has 2 aromatic heterocycles. The van der Waals surface area contributed by atoms with E-state index in [2.05, 4.69) is 5.10 Å². The molecule has 8 nitrogen and oxygen atoms in total. The molecule has 3 aromatic rings. The zero-order valence-electron chi connectivity index (χ0n) is 14.3. The van der Waals surface area contributed by atoms with E-state index in [4.69, 9.17) is 23.1 Å². The van der Waals surface area contributed by atoms with Crippen molar-refractivity contribution in [2.24, 2.45) is 11.5 Å². The molecular weight excluding hydrogens is 390 g/mol. The van der Waals surface area contributed by atoms with Crippen molar-refractivity contribution in [3.05, 3.63) is 45.9 Å². The minimum absolute atomic E-state index is 0.341. The first kappa shape index (κ1) is 18.9. The molecule has 3 rings (SSSR count). The SMILES string of the molecule is Cc1nn(-c2ccccc2Cl)c2sc(C(=O)N(CC(N)=O)CC(N)=O)cc12. The van der Waals surface area contributed by atoms with Gasteiger partial charge >= 0.3 is 0 Å². The predicted molar refractivity (Wildman–Crippen MR) is 103 cm³/mol. The van der Waals surface area contributed by atoms with Gasteiger partial charge in [-0.25, -0.2) is 4.68 Å². The van der Waals surface area contributed by atoms with Gasteiger partial charge in [0.05, 0.1) is 21.3 Å². The minimum Gasteiger partial charge on any atom is -0.368 e. The summed E-state index contributed by atoms with van der Waals surface area (Å²) in [5.41, 5.74) is 11.7. The van der Waals surface area contributed by atoms with Crippen molar-refractivity contribution < 1.29 is 14.4 Å². The molecule has 2 heterocycles. The Morgan fingerprint density at radius 1 is 1.19 bits per heavy atom. The number of benzene rings is 1. The van der Waals surface area contributed by atoms with Crippen LogP contribution < -0.4 is 11.5 Å². The van der Waals surface area contributed by atoms with Crippen LogP contribution in [0.2, 0.25) is 5.02 Å². The molecule has 1 aromatic carbocycles. The first-order chi connectivity index (χ1) is 12.8.